The van der Waals surface area contributed by atoms with Crippen LogP contribution in [0, 0.1) is 0 Å². The molecule has 4 nitrogen and oxygen atoms in total. The van der Waals surface area contributed by atoms with E-state index >= 15 is 0 Å². The summed E-state index contributed by atoms with van der Waals surface area (Å²) >= 11 is 0. The van der Waals surface area contributed by atoms with E-state index in [0.717, 1.165) is 0 Å². The third-order valence-corrected chi connectivity index (χ3v) is 0. The van der Waals surface area contributed by atoms with Crippen LogP contribution in [0.2, 0.25) is 0 Å². The molecule has 0 aliphatic carbocycles. The van der Waals surface area contributed by atoms with Crippen molar-refractivity contribution >= 4 is 93.2 Å². The zero-order chi connectivity index (χ0) is 4.50. The quantitative estimate of drug-likeness (QED) is 0.352. The Hall–Kier alpha value is 3.06. The van der Waals surface area contributed by atoms with Crippen molar-refractivity contribution in [1.29, 1.82) is 0 Å². The van der Waals surface area contributed by atoms with Crippen LogP contribution in [0.15, 0.2) is 0 Å². The van der Waals surface area contributed by atoms with Gasteiger partial charge in [0.05, 0.1) is 0 Å². The fourth-order valence-corrected chi connectivity index (χ4v) is 0. The molecule has 1 unspecified atom stereocenters. The molecule has 0 amide bonds. The fourth-order valence-electron chi connectivity index (χ4n) is 0. The van der Waals surface area contributed by atoms with Gasteiger partial charge < -0.3 is 20.4 Å². The normalized spacial score (nSPS) is 7.38. The van der Waals surface area contributed by atoms with Crippen molar-refractivity contribution in [3.8, 4) is 0 Å². The first-order valence-electron chi connectivity index (χ1n) is 0.783. The molecule has 0 aromatic heterocycles. The summed E-state index contributed by atoms with van der Waals surface area (Å²) in [6, 6.07) is 0. The Morgan fingerprint density at radius 3 is 1.12 bits per heavy atom. The van der Waals surface area contributed by atoms with Crippen LogP contribution in [0.1, 0.15) is 5.71 Å². The van der Waals surface area contributed by atoms with Crippen LogP contribution < -0.4 is 0 Å². The minimum absolute atomic E-state index is 0. The molecule has 0 saturated carbocycles. The van der Waals surface area contributed by atoms with Crippen molar-refractivity contribution in [2.75, 3.05) is 0 Å². The number of hydrogen-bond acceptors (Lipinski definition) is 1. The van der Waals surface area contributed by atoms with Crippen molar-refractivity contribution in [1.82, 2.24) is 0 Å². The molecule has 48 valence electrons. The van der Waals surface area contributed by atoms with Crippen molar-refractivity contribution in [2.24, 2.45) is 0 Å². The van der Waals surface area contributed by atoms with E-state index in [2.05, 4.69) is 0 Å². The number of hydrogen-bond donors (Lipinski definition) is 3. The molecular weight excluding hydrogens is 206 g/mol. The minimum atomic E-state index is -4.64. The fraction of sp³-hybridized carbons (Fsp3) is 0. The monoisotopic (exact) mass is 216 g/mol. The van der Waals surface area contributed by atoms with Gasteiger partial charge in [-0.05, 0) is 0 Å². The largest absolute Gasteiger partial charge is 2.00 e. The van der Waals surface area contributed by atoms with Crippen LogP contribution in [0.25, 0.3) is 0 Å². The van der Waals surface area contributed by atoms with Gasteiger partial charge in [0.15, 0.2) is 0 Å². The van der Waals surface area contributed by atoms with Gasteiger partial charge in [-0.3, -0.25) is 0 Å². The molecule has 8 heteroatoms. The van der Waals surface area contributed by atoms with E-state index in [1.54, 1.807) is 0 Å². The summed E-state index contributed by atoms with van der Waals surface area (Å²) in [7, 11) is -4.64. The molecule has 1 atom stereocenters. The van der Waals surface area contributed by atoms with Gasteiger partial charge in [0, 0.05) is 0 Å². The van der Waals surface area contributed by atoms with E-state index in [-0.39, 0.29) is 91.1 Å². The van der Waals surface area contributed by atoms with Gasteiger partial charge >= 0.3 is 83.3 Å². The molecule has 8 heavy (non-hydrogen) atoms. The Morgan fingerprint density at radius 2 is 1.12 bits per heavy atom. The maximum absolute atomic E-state index is 8.88. The van der Waals surface area contributed by atoms with E-state index in [1.165, 1.54) is 0 Å². The van der Waals surface area contributed by atoms with Crippen molar-refractivity contribution in [3.63, 3.8) is 0 Å². The van der Waals surface area contributed by atoms with Gasteiger partial charge in [-0.1, -0.05) is 0 Å². The van der Waals surface area contributed by atoms with E-state index in [1.807, 2.05) is 0 Å². The summed E-state index contributed by atoms with van der Waals surface area (Å²) in [4.78, 5) is 21.6. The molecule has 0 fully saturated rings. The molecule has 0 saturated heterocycles. The first-order valence-corrected chi connectivity index (χ1v) is 2.35. The van der Waals surface area contributed by atoms with Gasteiger partial charge in [-0.25, -0.2) is 4.57 Å². The average Bonchev–Trinajstić information content (AvgIpc) is 0.722. The van der Waals surface area contributed by atoms with Gasteiger partial charge in [0.1, 0.15) is 0 Å². The molecular formula is H10Ca2O4P2. The van der Waals surface area contributed by atoms with Gasteiger partial charge in [-0.2, -0.15) is 9.90 Å². The van der Waals surface area contributed by atoms with E-state index in [0.29, 0.717) is 0 Å². The Morgan fingerprint density at radius 1 is 1.12 bits per heavy atom. The second-order valence-corrected chi connectivity index (χ2v) is 1.54. The van der Waals surface area contributed by atoms with E-state index in [4.69, 9.17) is 19.2 Å². The summed E-state index contributed by atoms with van der Waals surface area (Å²) in [5, 5.41) is 0. The SMILES string of the molecule is O=P(O)(O)O.P.[Ca+2].[Ca+2].[H-].[H-].[H-].[H-]. The van der Waals surface area contributed by atoms with Gasteiger partial charge in [0.2, 0.25) is 0 Å². The molecule has 3 N–H and O–H groups in total. The van der Waals surface area contributed by atoms with Crippen molar-refractivity contribution in [3.05, 3.63) is 0 Å². The second-order valence-electron chi connectivity index (χ2n) is 0.513. The Bertz CT molecular complexity index is 69.2. The molecule has 0 heterocycles. The maximum atomic E-state index is 8.88. The molecule has 0 rings (SSSR count). The molecule has 0 aromatic carbocycles. The summed E-state index contributed by atoms with van der Waals surface area (Å²) in [5.41, 5.74) is 0. The third-order valence-electron chi connectivity index (χ3n) is 0. The van der Waals surface area contributed by atoms with Crippen molar-refractivity contribution < 1.29 is 25.0 Å². The summed E-state index contributed by atoms with van der Waals surface area (Å²) < 4.78 is 8.88. The third kappa shape index (κ3) is 62.9. The smallest absolute Gasteiger partial charge is 1.00 e. The first kappa shape index (κ1) is 22.5. The van der Waals surface area contributed by atoms with Crippen LogP contribution in [0.4, 0.5) is 0 Å². The molecule has 0 aliphatic rings. The zero-order valence-corrected chi connectivity index (χ0v) is 11.0. The first-order chi connectivity index (χ1) is 2.00. The maximum Gasteiger partial charge on any atom is 2.00 e. The Labute approximate surface area is 116 Å². The molecule has 0 bridgehead atoms. The predicted octanol–water partition coefficient (Wildman–Crippen LogP) is -1.18. The Kier molecular flexibility index (Phi) is 28.2. The topological polar surface area (TPSA) is 77.8 Å². The summed E-state index contributed by atoms with van der Waals surface area (Å²) in [6.07, 6.45) is 0. The number of rotatable bonds is 0. The Balaban J connectivity index is -0.00000000381. The predicted molar refractivity (Wildman–Crippen MR) is 41.3 cm³/mol. The zero-order valence-electron chi connectivity index (χ0n) is 8.32. The molecule has 0 aromatic rings. The van der Waals surface area contributed by atoms with Crippen LogP contribution >= 0.6 is 17.7 Å². The van der Waals surface area contributed by atoms with Crippen LogP contribution in [-0.2, 0) is 4.57 Å². The minimum Gasteiger partial charge on any atom is -1.00 e. The second kappa shape index (κ2) is 10.1. The van der Waals surface area contributed by atoms with Crippen LogP contribution in [-0.4, -0.2) is 90.2 Å². The summed E-state index contributed by atoms with van der Waals surface area (Å²) in [5.74, 6) is 0. The van der Waals surface area contributed by atoms with Crippen molar-refractivity contribution in [2.45, 2.75) is 0 Å². The standard InChI is InChI=1S/2Ca.H3O4P.H3P.4H/c;;1-5(2,3)4;;;;;/h;;(H3,1,2,3,4);1H3;;;;/q2*+2;;;4*-1. The van der Waals surface area contributed by atoms with Crippen LogP contribution in [0.5, 0.6) is 0 Å². The van der Waals surface area contributed by atoms with Gasteiger partial charge in [-0.15, -0.1) is 0 Å². The molecule has 0 aliphatic heterocycles. The van der Waals surface area contributed by atoms with E-state index < -0.39 is 7.82 Å². The number of phosphoric acid groups is 1. The summed E-state index contributed by atoms with van der Waals surface area (Å²) in [6.45, 7) is 0. The molecule has 0 spiro atoms. The molecule has 0 radical (unpaired) electrons. The van der Waals surface area contributed by atoms with E-state index in [9.17, 15) is 0 Å². The van der Waals surface area contributed by atoms with Crippen LogP contribution in [0.3, 0.4) is 0 Å². The average molecular weight is 216 g/mol. The van der Waals surface area contributed by atoms with Gasteiger partial charge in [0.25, 0.3) is 0 Å².